The maximum Gasteiger partial charge on any atom is 0.312 e. The molecule has 126 valence electrons. The zero-order chi connectivity index (χ0) is 17.5. The first-order chi connectivity index (χ1) is 11.5. The number of carbonyl (C=O) groups is 3. The van der Waals surface area contributed by atoms with Gasteiger partial charge in [-0.3, -0.25) is 20.4 Å². The van der Waals surface area contributed by atoms with Gasteiger partial charge in [0.15, 0.2) is 0 Å². The summed E-state index contributed by atoms with van der Waals surface area (Å²) in [6.45, 7) is 0. The van der Waals surface area contributed by atoms with Gasteiger partial charge in [-0.15, -0.1) is 11.3 Å². The summed E-state index contributed by atoms with van der Waals surface area (Å²) in [5.74, 6) is -1.02. The van der Waals surface area contributed by atoms with Crippen molar-refractivity contribution in [1.82, 2.24) is 16.2 Å². The molecule has 0 bridgehead atoms. The summed E-state index contributed by atoms with van der Waals surface area (Å²) >= 11 is 7.29. The average Bonchev–Trinajstić information content (AvgIpc) is 3.06. The summed E-state index contributed by atoms with van der Waals surface area (Å²) in [7, 11) is 0. The molecule has 0 radical (unpaired) electrons. The zero-order valence-corrected chi connectivity index (χ0v) is 14.0. The Morgan fingerprint density at radius 2 is 1.88 bits per heavy atom. The van der Waals surface area contributed by atoms with E-state index in [0.717, 1.165) is 4.88 Å². The number of thiophene rings is 1. The molecule has 0 aliphatic heterocycles. The van der Waals surface area contributed by atoms with E-state index in [0.29, 0.717) is 0 Å². The Balaban J connectivity index is 1.93. The minimum Gasteiger partial charge on any atom is -0.352 e. The van der Waals surface area contributed by atoms with Crippen LogP contribution in [0.2, 0.25) is 5.02 Å². The zero-order valence-electron chi connectivity index (χ0n) is 12.4. The van der Waals surface area contributed by atoms with E-state index in [1.165, 1.54) is 17.4 Å². The fraction of sp³-hybridized carbons (Fsp3) is 0.133. The minimum atomic E-state index is -0.735. The lowest BCUT2D eigenvalue weighted by molar-refractivity contribution is -0.122. The second kappa shape index (κ2) is 8.32. The van der Waals surface area contributed by atoms with Crippen molar-refractivity contribution in [2.45, 2.75) is 12.5 Å². The molecule has 1 aromatic carbocycles. The van der Waals surface area contributed by atoms with Crippen molar-refractivity contribution in [3.05, 3.63) is 57.2 Å². The lowest BCUT2D eigenvalue weighted by Gasteiger charge is -2.16. The third-order valence-electron chi connectivity index (χ3n) is 3.03. The summed E-state index contributed by atoms with van der Waals surface area (Å²) in [5.41, 5.74) is 9.94. The molecule has 0 aliphatic rings. The van der Waals surface area contributed by atoms with Crippen LogP contribution in [0.4, 0.5) is 4.79 Å². The van der Waals surface area contributed by atoms with Crippen LogP contribution in [0.25, 0.3) is 0 Å². The maximum absolute atomic E-state index is 12.0. The van der Waals surface area contributed by atoms with Crippen LogP contribution < -0.4 is 21.9 Å². The molecule has 2 rings (SSSR count). The summed E-state index contributed by atoms with van der Waals surface area (Å²) in [6, 6.07) is 8.73. The first-order valence-electron chi connectivity index (χ1n) is 6.90. The van der Waals surface area contributed by atoms with Gasteiger partial charge in [0.25, 0.3) is 5.91 Å². The van der Waals surface area contributed by atoms with Crippen molar-refractivity contribution < 1.29 is 14.4 Å². The molecule has 2 aromatic rings. The SMILES string of the molecule is NC(=O)NC(CC(=O)NNC(=O)c1ccccc1Cl)c1cccs1. The lowest BCUT2D eigenvalue weighted by Crippen LogP contribution is -2.44. The van der Waals surface area contributed by atoms with E-state index in [9.17, 15) is 14.4 Å². The molecule has 0 saturated carbocycles. The Kier molecular flexibility index (Phi) is 6.16. The molecule has 1 heterocycles. The predicted molar refractivity (Wildman–Crippen MR) is 91.5 cm³/mol. The number of urea groups is 1. The number of hydrogen-bond donors (Lipinski definition) is 4. The summed E-state index contributed by atoms with van der Waals surface area (Å²) in [5, 5.41) is 4.59. The van der Waals surface area contributed by atoms with Crippen molar-refractivity contribution in [2.75, 3.05) is 0 Å². The topological polar surface area (TPSA) is 113 Å². The van der Waals surface area contributed by atoms with Gasteiger partial charge in [0.05, 0.1) is 23.0 Å². The largest absolute Gasteiger partial charge is 0.352 e. The lowest BCUT2D eigenvalue weighted by atomic mass is 10.1. The van der Waals surface area contributed by atoms with Gasteiger partial charge >= 0.3 is 6.03 Å². The van der Waals surface area contributed by atoms with Crippen molar-refractivity contribution >= 4 is 40.8 Å². The van der Waals surface area contributed by atoms with Crippen LogP contribution in [0, 0.1) is 0 Å². The van der Waals surface area contributed by atoms with Gasteiger partial charge in [0.2, 0.25) is 5.91 Å². The summed E-state index contributed by atoms with van der Waals surface area (Å²) < 4.78 is 0. The number of primary amides is 1. The highest BCUT2D eigenvalue weighted by Crippen LogP contribution is 2.21. The van der Waals surface area contributed by atoms with Gasteiger partial charge in [-0.2, -0.15) is 0 Å². The molecule has 1 atom stereocenters. The molecule has 9 heteroatoms. The number of benzene rings is 1. The van der Waals surface area contributed by atoms with Gasteiger partial charge in [-0.05, 0) is 23.6 Å². The van der Waals surface area contributed by atoms with Gasteiger partial charge in [0.1, 0.15) is 0 Å². The number of halogens is 1. The third-order valence-corrected chi connectivity index (χ3v) is 4.34. The van der Waals surface area contributed by atoms with Crippen LogP contribution in [-0.2, 0) is 4.79 Å². The van der Waals surface area contributed by atoms with E-state index in [1.807, 2.05) is 5.38 Å². The minimum absolute atomic E-state index is 0.0771. The fourth-order valence-electron chi connectivity index (χ4n) is 1.96. The van der Waals surface area contributed by atoms with Crippen LogP contribution in [0.15, 0.2) is 41.8 Å². The van der Waals surface area contributed by atoms with E-state index in [-0.39, 0.29) is 17.0 Å². The van der Waals surface area contributed by atoms with Crippen molar-refractivity contribution in [2.24, 2.45) is 5.73 Å². The molecule has 5 N–H and O–H groups in total. The smallest absolute Gasteiger partial charge is 0.312 e. The second-order valence-electron chi connectivity index (χ2n) is 4.76. The van der Waals surface area contributed by atoms with Crippen LogP contribution in [-0.4, -0.2) is 17.8 Å². The van der Waals surface area contributed by atoms with Crippen molar-refractivity contribution in [1.29, 1.82) is 0 Å². The number of hydrogen-bond acceptors (Lipinski definition) is 4. The van der Waals surface area contributed by atoms with Gasteiger partial charge < -0.3 is 11.1 Å². The Morgan fingerprint density at radius 1 is 1.12 bits per heavy atom. The molecule has 4 amide bonds. The maximum atomic E-state index is 12.0. The monoisotopic (exact) mass is 366 g/mol. The van der Waals surface area contributed by atoms with Crippen LogP contribution in [0.1, 0.15) is 27.7 Å². The number of nitrogens with one attached hydrogen (secondary N) is 3. The highest BCUT2D eigenvalue weighted by molar-refractivity contribution is 7.10. The number of rotatable bonds is 5. The number of hydrazine groups is 1. The normalized spacial score (nSPS) is 11.4. The van der Waals surface area contributed by atoms with E-state index in [1.54, 1.807) is 30.3 Å². The summed E-state index contributed by atoms with van der Waals surface area (Å²) in [4.78, 5) is 35.8. The van der Waals surface area contributed by atoms with Crippen LogP contribution in [0.3, 0.4) is 0 Å². The average molecular weight is 367 g/mol. The van der Waals surface area contributed by atoms with E-state index < -0.39 is 23.9 Å². The standard InChI is InChI=1S/C15H15ClN4O3S/c16-10-5-2-1-4-9(10)14(22)20-19-13(21)8-11(18-15(17)23)12-6-3-7-24-12/h1-7,11H,8H2,(H,19,21)(H,20,22)(H3,17,18,23). The quantitative estimate of drug-likeness (QED) is 0.606. The molecule has 0 aliphatic carbocycles. The number of nitrogens with two attached hydrogens (primary N) is 1. The molecular formula is C15H15ClN4O3S. The Bertz CT molecular complexity index is 736. The molecular weight excluding hydrogens is 352 g/mol. The predicted octanol–water partition coefficient (Wildman–Crippen LogP) is 1.96. The fourth-order valence-corrected chi connectivity index (χ4v) is 2.96. The molecule has 0 saturated heterocycles. The number of amides is 4. The van der Waals surface area contributed by atoms with Crippen LogP contribution in [0.5, 0.6) is 0 Å². The van der Waals surface area contributed by atoms with Crippen LogP contribution >= 0.6 is 22.9 Å². The van der Waals surface area contributed by atoms with E-state index in [4.69, 9.17) is 17.3 Å². The Hall–Kier alpha value is -2.58. The molecule has 1 unspecified atom stereocenters. The first-order valence-corrected chi connectivity index (χ1v) is 8.16. The summed E-state index contributed by atoms with van der Waals surface area (Å²) in [6.07, 6.45) is -0.0771. The highest BCUT2D eigenvalue weighted by atomic mass is 35.5. The molecule has 24 heavy (non-hydrogen) atoms. The van der Waals surface area contributed by atoms with Gasteiger partial charge in [0, 0.05) is 4.88 Å². The number of carbonyl (C=O) groups excluding carboxylic acids is 3. The van der Waals surface area contributed by atoms with Gasteiger partial charge in [-0.1, -0.05) is 29.8 Å². The highest BCUT2D eigenvalue weighted by Gasteiger charge is 2.19. The van der Waals surface area contributed by atoms with E-state index in [2.05, 4.69) is 16.2 Å². The van der Waals surface area contributed by atoms with Crippen molar-refractivity contribution in [3.8, 4) is 0 Å². The Morgan fingerprint density at radius 3 is 2.50 bits per heavy atom. The third kappa shape index (κ3) is 4.97. The van der Waals surface area contributed by atoms with E-state index >= 15 is 0 Å². The Labute approximate surface area is 147 Å². The van der Waals surface area contributed by atoms with Gasteiger partial charge in [-0.25, -0.2) is 4.79 Å². The molecule has 7 nitrogen and oxygen atoms in total. The first kappa shape index (κ1) is 17.8. The molecule has 0 fully saturated rings. The molecule has 1 aromatic heterocycles. The second-order valence-corrected chi connectivity index (χ2v) is 6.15. The molecule has 0 spiro atoms. The van der Waals surface area contributed by atoms with Crippen molar-refractivity contribution in [3.63, 3.8) is 0 Å².